The zero-order valence-electron chi connectivity index (χ0n) is 5.57. The Kier molecular flexibility index (Phi) is 0.974. The van der Waals surface area contributed by atoms with E-state index in [1.54, 1.807) is 6.33 Å². The van der Waals surface area contributed by atoms with Gasteiger partial charge in [-0.25, -0.2) is 0 Å². The third-order valence-electron chi connectivity index (χ3n) is 1.37. The molecule has 0 atom stereocenters. The van der Waals surface area contributed by atoms with Gasteiger partial charge in [-0.05, 0) is 18.6 Å². The number of pyridine rings is 1. The number of rotatable bonds is 0. The Bertz CT molecular complexity index is 350. The van der Waals surface area contributed by atoms with Crippen LogP contribution in [0.3, 0.4) is 0 Å². The van der Waals surface area contributed by atoms with Gasteiger partial charge in [-0.15, -0.1) is 10.2 Å². The average molecular weight is 132 g/mol. The molecule has 2 heterocycles. The molecule has 2 rings (SSSR count). The van der Waals surface area contributed by atoms with Crippen molar-refractivity contribution in [1.29, 1.82) is 0 Å². The van der Waals surface area contributed by atoms with Crippen molar-refractivity contribution >= 4 is 5.65 Å². The van der Waals surface area contributed by atoms with Crippen molar-refractivity contribution in [2.24, 2.45) is 0 Å². The second-order valence-corrected chi connectivity index (χ2v) is 2.19. The van der Waals surface area contributed by atoms with Crippen molar-refractivity contribution in [3.05, 3.63) is 30.2 Å². The number of aromatic nitrogens is 3. The van der Waals surface area contributed by atoms with Gasteiger partial charge in [-0.3, -0.25) is 4.40 Å². The van der Waals surface area contributed by atoms with E-state index in [-0.39, 0.29) is 0 Å². The second-order valence-electron chi connectivity index (χ2n) is 2.19. The van der Waals surface area contributed by atoms with Gasteiger partial charge in [0.1, 0.15) is 6.33 Å². The van der Waals surface area contributed by atoms with Gasteiger partial charge in [0, 0.05) is 12.3 Å². The molecular weight excluding hydrogens is 126 g/mol. The highest BCUT2D eigenvalue weighted by atomic mass is 15.2. The van der Waals surface area contributed by atoms with Gasteiger partial charge in [0.05, 0.1) is 0 Å². The van der Waals surface area contributed by atoms with E-state index in [1.165, 1.54) is 0 Å². The van der Waals surface area contributed by atoms with E-state index in [9.17, 15) is 0 Å². The molecule has 2 aromatic rings. The molecule has 3 heteroatoms. The van der Waals surface area contributed by atoms with Crippen LogP contribution in [0.25, 0.3) is 5.65 Å². The molecule has 10 heavy (non-hydrogen) atoms. The van der Waals surface area contributed by atoms with Gasteiger partial charge in [0.25, 0.3) is 0 Å². The van der Waals surface area contributed by atoms with E-state index in [0.29, 0.717) is 0 Å². The molecule has 49 valence electrons. The molecule has 0 unspecified atom stereocenters. The van der Waals surface area contributed by atoms with E-state index >= 15 is 0 Å². The fraction of sp³-hybridized carbons (Fsp3) is 0.143. The van der Waals surface area contributed by atoms with Crippen LogP contribution in [0, 0.1) is 13.0 Å². The van der Waals surface area contributed by atoms with Crippen molar-refractivity contribution in [2.75, 3.05) is 0 Å². The number of aryl methyl sites for hydroxylation is 1. The Morgan fingerprint density at radius 3 is 3.40 bits per heavy atom. The predicted octanol–water partition coefficient (Wildman–Crippen LogP) is 0.838. The Morgan fingerprint density at radius 2 is 2.50 bits per heavy atom. The van der Waals surface area contributed by atoms with E-state index in [0.717, 1.165) is 11.2 Å². The van der Waals surface area contributed by atoms with Gasteiger partial charge < -0.3 is 0 Å². The van der Waals surface area contributed by atoms with Crippen molar-refractivity contribution in [3.8, 4) is 0 Å². The predicted molar refractivity (Wildman–Crippen MR) is 36.6 cm³/mol. The summed E-state index contributed by atoms with van der Waals surface area (Å²) in [6.07, 6.45) is 3.58. The first-order valence-corrected chi connectivity index (χ1v) is 3.04. The van der Waals surface area contributed by atoms with Crippen LogP contribution in [-0.4, -0.2) is 14.6 Å². The highest BCUT2D eigenvalue weighted by Crippen LogP contribution is 1.99. The van der Waals surface area contributed by atoms with Crippen molar-refractivity contribution in [2.45, 2.75) is 6.92 Å². The molecule has 0 saturated heterocycles. The lowest BCUT2D eigenvalue weighted by atomic mass is 10.3. The van der Waals surface area contributed by atoms with Gasteiger partial charge in [0.15, 0.2) is 5.65 Å². The lowest BCUT2D eigenvalue weighted by Crippen LogP contribution is -1.82. The van der Waals surface area contributed by atoms with Crippen LogP contribution in [0.5, 0.6) is 0 Å². The summed E-state index contributed by atoms with van der Waals surface area (Å²) in [4.78, 5) is 0. The molecule has 0 aromatic carbocycles. The maximum Gasteiger partial charge on any atom is 0.168 e. The van der Waals surface area contributed by atoms with Gasteiger partial charge in [-0.1, -0.05) is 0 Å². The molecule has 1 radical (unpaired) electrons. The Morgan fingerprint density at radius 1 is 1.60 bits per heavy atom. The maximum absolute atomic E-state index is 3.84. The molecule has 0 saturated carbocycles. The molecule has 3 nitrogen and oxygen atoms in total. The maximum atomic E-state index is 3.84. The largest absolute Gasteiger partial charge is 0.289 e. The SMILES string of the molecule is Cc1[c]c2nncn2cc1. The Balaban J connectivity index is 2.86. The van der Waals surface area contributed by atoms with Crippen LogP contribution in [0.4, 0.5) is 0 Å². The van der Waals surface area contributed by atoms with Gasteiger partial charge in [0.2, 0.25) is 0 Å². The van der Waals surface area contributed by atoms with Crippen molar-refractivity contribution in [3.63, 3.8) is 0 Å². The standard InChI is InChI=1S/C7H6N3/c1-6-2-3-10-5-8-9-7(10)4-6/h2-3,5H,1H3. The van der Waals surface area contributed by atoms with E-state index in [1.807, 2.05) is 23.6 Å². The van der Waals surface area contributed by atoms with Crippen LogP contribution in [-0.2, 0) is 0 Å². The fourth-order valence-electron chi connectivity index (χ4n) is 0.851. The number of fused-ring (bicyclic) bond motifs is 1. The van der Waals surface area contributed by atoms with Crippen LogP contribution in [0.2, 0.25) is 0 Å². The van der Waals surface area contributed by atoms with E-state index in [2.05, 4.69) is 16.3 Å². The van der Waals surface area contributed by atoms with Crippen LogP contribution < -0.4 is 0 Å². The summed E-state index contributed by atoms with van der Waals surface area (Å²) in [6.45, 7) is 1.98. The summed E-state index contributed by atoms with van der Waals surface area (Å²) in [6, 6.07) is 5.03. The lowest BCUT2D eigenvalue weighted by molar-refractivity contribution is 1.10. The first kappa shape index (κ1) is 5.41. The quantitative estimate of drug-likeness (QED) is 0.531. The summed E-state index contributed by atoms with van der Waals surface area (Å²) in [7, 11) is 0. The monoisotopic (exact) mass is 132 g/mol. The number of hydrogen-bond acceptors (Lipinski definition) is 2. The zero-order chi connectivity index (χ0) is 6.97. The molecule has 0 aliphatic carbocycles. The molecular formula is C7H6N3. The van der Waals surface area contributed by atoms with Crippen LogP contribution in [0.1, 0.15) is 5.56 Å². The summed E-state index contributed by atoms with van der Waals surface area (Å²) in [5, 5.41) is 7.56. The van der Waals surface area contributed by atoms with Crippen molar-refractivity contribution < 1.29 is 0 Å². The topological polar surface area (TPSA) is 30.2 Å². The summed E-state index contributed by atoms with van der Waals surface area (Å²) < 4.78 is 1.83. The first-order valence-electron chi connectivity index (χ1n) is 3.04. The minimum Gasteiger partial charge on any atom is -0.289 e. The van der Waals surface area contributed by atoms with Crippen LogP contribution >= 0.6 is 0 Å². The molecule has 0 amide bonds. The van der Waals surface area contributed by atoms with Gasteiger partial charge >= 0.3 is 0 Å². The Hall–Kier alpha value is -1.38. The fourth-order valence-corrected chi connectivity index (χ4v) is 0.851. The number of hydrogen-bond donors (Lipinski definition) is 0. The average Bonchev–Trinajstić information content (AvgIpc) is 2.33. The molecule has 0 aliphatic heterocycles. The molecule has 0 bridgehead atoms. The van der Waals surface area contributed by atoms with E-state index < -0.39 is 0 Å². The molecule has 0 N–H and O–H groups in total. The third-order valence-corrected chi connectivity index (χ3v) is 1.37. The van der Waals surface area contributed by atoms with Crippen LogP contribution in [0.15, 0.2) is 18.6 Å². The molecule has 0 spiro atoms. The third kappa shape index (κ3) is 0.673. The normalized spacial score (nSPS) is 10.5. The Labute approximate surface area is 58.3 Å². The smallest absolute Gasteiger partial charge is 0.168 e. The summed E-state index contributed by atoms with van der Waals surface area (Å²) in [5.74, 6) is 0. The molecule has 0 aliphatic rings. The zero-order valence-corrected chi connectivity index (χ0v) is 5.57. The highest BCUT2D eigenvalue weighted by molar-refractivity contribution is 5.37. The minimum absolute atomic E-state index is 0.778. The summed E-state index contributed by atoms with van der Waals surface area (Å²) >= 11 is 0. The molecule has 0 fully saturated rings. The second kappa shape index (κ2) is 1.80. The van der Waals surface area contributed by atoms with E-state index in [4.69, 9.17) is 0 Å². The summed E-state index contributed by atoms with van der Waals surface area (Å²) in [5.41, 5.74) is 1.86. The van der Waals surface area contributed by atoms with Crippen molar-refractivity contribution in [1.82, 2.24) is 14.6 Å². The van der Waals surface area contributed by atoms with Gasteiger partial charge in [-0.2, -0.15) is 0 Å². The lowest BCUT2D eigenvalue weighted by Gasteiger charge is -1.90. The highest BCUT2D eigenvalue weighted by Gasteiger charge is 1.92. The number of nitrogens with zero attached hydrogens (tertiary/aromatic N) is 3. The first-order chi connectivity index (χ1) is 4.86. The molecule has 2 aromatic heterocycles. The minimum atomic E-state index is 0.778.